The number of carboxylic acid groups (broad SMARTS) is 1. The maximum atomic E-state index is 11.2. The molecule has 0 saturated heterocycles. The maximum Gasteiger partial charge on any atom is 0.340 e. The minimum Gasteiger partial charge on any atom is -0.478 e. The van der Waals surface area contributed by atoms with E-state index in [1.807, 2.05) is 27.7 Å². The summed E-state index contributed by atoms with van der Waals surface area (Å²) in [6.07, 6.45) is 1.35. The molecule has 1 heterocycles. The fourth-order valence-corrected chi connectivity index (χ4v) is 1.78. The molecule has 0 fully saturated rings. The fourth-order valence-electron chi connectivity index (χ4n) is 1.78. The van der Waals surface area contributed by atoms with Crippen molar-refractivity contribution < 1.29 is 19.1 Å². The minimum absolute atomic E-state index is 0.00713. The topological polar surface area (TPSA) is 67.5 Å². The number of carbonyl (C=O) groups excluding carboxylic acids is 1. The van der Waals surface area contributed by atoms with Gasteiger partial charge in [0.2, 0.25) is 0 Å². The molecule has 1 atom stereocenters. The van der Waals surface area contributed by atoms with Crippen LogP contribution >= 0.6 is 0 Å². The Kier molecular flexibility index (Phi) is 4.10. The van der Waals surface area contributed by atoms with Crippen molar-refractivity contribution in [2.45, 2.75) is 46.0 Å². The van der Waals surface area contributed by atoms with Crippen LogP contribution in [0.1, 0.15) is 78.2 Å². The number of rotatable bonds is 5. The van der Waals surface area contributed by atoms with Crippen LogP contribution in [-0.4, -0.2) is 17.4 Å². The van der Waals surface area contributed by atoms with E-state index in [0.29, 0.717) is 17.8 Å². The van der Waals surface area contributed by atoms with E-state index in [2.05, 4.69) is 0 Å². The molecule has 1 N–H and O–H groups in total. The normalized spacial score (nSPS) is 12.8. The van der Waals surface area contributed by atoms with Crippen molar-refractivity contribution in [1.82, 2.24) is 0 Å². The Bertz CT molecular complexity index is 429. The van der Waals surface area contributed by atoms with E-state index in [-0.39, 0.29) is 23.0 Å². The Labute approximate surface area is 101 Å². The van der Waals surface area contributed by atoms with Crippen molar-refractivity contribution in [2.75, 3.05) is 0 Å². The maximum absolute atomic E-state index is 11.2. The van der Waals surface area contributed by atoms with Gasteiger partial charge in [-0.1, -0.05) is 27.7 Å². The number of carboxylic acids is 1. The lowest BCUT2D eigenvalue weighted by Gasteiger charge is -2.06. The van der Waals surface area contributed by atoms with Gasteiger partial charge in [-0.25, -0.2) is 4.79 Å². The third-order valence-electron chi connectivity index (χ3n) is 2.92. The number of hydrogen-bond acceptors (Lipinski definition) is 3. The Morgan fingerprint density at radius 2 is 1.94 bits per heavy atom. The SMILES string of the molecule is CCC(C)c1oc(C(C)C)c(C=O)c1C(=O)O. The van der Waals surface area contributed by atoms with Crippen LogP contribution in [0.15, 0.2) is 4.42 Å². The van der Waals surface area contributed by atoms with Gasteiger partial charge in [0.1, 0.15) is 17.1 Å². The van der Waals surface area contributed by atoms with Crippen LogP contribution in [0, 0.1) is 0 Å². The zero-order chi connectivity index (χ0) is 13.2. The Morgan fingerprint density at radius 3 is 2.29 bits per heavy atom. The first-order chi connectivity index (χ1) is 7.93. The fraction of sp³-hybridized carbons (Fsp3) is 0.538. The molecule has 1 unspecified atom stereocenters. The van der Waals surface area contributed by atoms with Gasteiger partial charge < -0.3 is 9.52 Å². The van der Waals surface area contributed by atoms with E-state index >= 15 is 0 Å². The van der Waals surface area contributed by atoms with E-state index in [1.165, 1.54) is 0 Å². The molecule has 17 heavy (non-hydrogen) atoms. The van der Waals surface area contributed by atoms with Gasteiger partial charge in [0.05, 0.1) is 5.56 Å². The molecular formula is C13H18O4. The van der Waals surface area contributed by atoms with Crippen molar-refractivity contribution in [3.63, 3.8) is 0 Å². The van der Waals surface area contributed by atoms with Gasteiger partial charge in [0.15, 0.2) is 6.29 Å². The van der Waals surface area contributed by atoms with Gasteiger partial charge in [-0.2, -0.15) is 0 Å². The van der Waals surface area contributed by atoms with Gasteiger partial charge >= 0.3 is 5.97 Å². The highest BCUT2D eigenvalue weighted by atomic mass is 16.4. The van der Waals surface area contributed by atoms with Crippen molar-refractivity contribution in [1.29, 1.82) is 0 Å². The first-order valence-electron chi connectivity index (χ1n) is 5.79. The number of aromatic carboxylic acids is 1. The largest absolute Gasteiger partial charge is 0.478 e. The van der Waals surface area contributed by atoms with Crippen LogP contribution in [0.3, 0.4) is 0 Å². The van der Waals surface area contributed by atoms with Crippen molar-refractivity contribution in [2.24, 2.45) is 0 Å². The lowest BCUT2D eigenvalue weighted by molar-refractivity contribution is 0.0691. The molecule has 94 valence electrons. The quantitative estimate of drug-likeness (QED) is 0.798. The molecule has 0 aliphatic carbocycles. The van der Waals surface area contributed by atoms with Gasteiger partial charge in [-0.3, -0.25) is 4.79 Å². The van der Waals surface area contributed by atoms with E-state index in [1.54, 1.807) is 0 Å². The van der Waals surface area contributed by atoms with Crippen LogP contribution in [-0.2, 0) is 0 Å². The van der Waals surface area contributed by atoms with Gasteiger partial charge in [-0.05, 0) is 6.42 Å². The average molecular weight is 238 g/mol. The molecule has 1 aromatic heterocycles. The van der Waals surface area contributed by atoms with Crippen molar-refractivity contribution in [3.05, 3.63) is 22.6 Å². The summed E-state index contributed by atoms with van der Waals surface area (Å²) in [7, 11) is 0. The van der Waals surface area contributed by atoms with Crippen LogP contribution in [0.2, 0.25) is 0 Å². The summed E-state index contributed by atoms with van der Waals surface area (Å²) in [4.78, 5) is 22.3. The molecule has 4 nitrogen and oxygen atoms in total. The molecule has 0 aliphatic rings. The third kappa shape index (κ3) is 2.40. The Balaban J connectivity index is 3.49. The molecule has 4 heteroatoms. The summed E-state index contributed by atoms with van der Waals surface area (Å²) in [5.74, 6) is -0.241. The summed E-state index contributed by atoms with van der Waals surface area (Å²) in [5.41, 5.74) is 0.209. The minimum atomic E-state index is -1.10. The molecule has 0 aromatic carbocycles. The van der Waals surface area contributed by atoms with Crippen molar-refractivity contribution in [3.8, 4) is 0 Å². The summed E-state index contributed by atoms with van der Waals surface area (Å²) in [5, 5.41) is 9.20. The Hall–Kier alpha value is -1.58. The first-order valence-corrected chi connectivity index (χ1v) is 5.79. The zero-order valence-corrected chi connectivity index (χ0v) is 10.6. The molecule has 0 saturated carbocycles. The molecule has 0 amide bonds. The highest BCUT2D eigenvalue weighted by Gasteiger charge is 2.28. The predicted octanol–water partition coefficient (Wildman–Crippen LogP) is 3.43. The van der Waals surface area contributed by atoms with Gasteiger partial charge in [-0.15, -0.1) is 0 Å². The second-order valence-corrected chi connectivity index (χ2v) is 4.51. The molecule has 0 radical (unpaired) electrons. The lowest BCUT2D eigenvalue weighted by atomic mass is 9.98. The summed E-state index contributed by atoms with van der Waals surface area (Å²) >= 11 is 0. The van der Waals surface area contributed by atoms with Crippen LogP contribution in [0.25, 0.3) is 0 Å². The Morgan fingerprint density at radius 1 is 1.35 bits per heavy atom. The number of aldehydes is 1. The molecular weight excluding hydrogens is 220 g/mol. The van der Waals surface area contributed by atoms with Crippen molar-refractivity contribution >= 4 is 12.3 Å². The number of carbonyl (C=O) groups is 2. The van der Waals surface area contributed by atoms with E-state index in [9.17, 15) is 14.7 Å². The van der Waals surface area contributed by atoms with Gasteiger partial charge in [0, 0.05) is 11.8 Å². The summed E-state index contributed by atoms with van der Waals surface area (Å²) in [6, 6.07) is 0. The highest BCUT2D eigenvalue weighted by molar-refractivity contribution is 5.99. The molecule has 0 bridgehead atoms. The highest BCUT2D eigenvalue weighted by Crippen LogP contribution is 2.33. The number of furan rings is 1. The lowest BCUT2D eigenvalue weighted by Crippen LogP contribution is -2.05. The molecule has 0 aliphatic heterocycles. The molecule has 1 rings (SSSR count). The first kappa shape index (κ1) is 13.5. The summed E-state index contributed by atoms with van der Waals surface area (Å²) < 4.78 is 5.60. The van der Waals surface area contributed by atoms with Crippen LogP contribution in [0.5, 0.6) is 0 Å². The summed E-state index contributed by atoms with van der Waals surface area (Å²) in [6.45, 7) is 7.59. The second kappa shape index (κ2) is 5.17. The second-order valence-electron chi connectivity index (χ2n) is 4.51. The van der Waals surface area contributed by atoms with Crippen LogP contribution < -0.4 is 0 Å². The van der Waals surface area contributed by atoms with E-state index in [4.69, 9.17) is 4.42 Å². The standard InChI is InChI=1S/C13H18O4/c1-5-8(4)12-10(13(15)16)9(6-14)11(17-12)7(2)3/h6-8H,5H2,1-4H3,(H,15,16). The van der Waals surface area contributed by atoms with E-state index < -0.39 is 5.97 Å². The smallest absolute Gasteiger partial charge is 0.340 e. The average Bonchev–Trinajstić information content (AvgIpc) is 2.67. The third-order valence-corrected chi connectivity index (χ3v) is 2.92. The number of hydrogen-bond donors (Lipinski definition) is 1. The molecule has 1 aromatic rings. The van der Waals surface area contributed by atoms with Crippen LogP contribution in [0.4, 0.5) is 0 Å². The monoisotopic (exact) mass is 238 g/mol. The van der Waals surface area contributed by atoms with Gasteiger partial charge in [0.25, 0.3) is 0 Å². The van der Waals surface area contributed by atoms with E-state index in [0.717, 1.165) is 6.42 Å². The predicted molar refractivity (Wildman–Crippen MR) is 63.8 cm³/mol. The zero-order valence-electron chi connectivity index (χ0n) is 10.6. The molecule has 0 spiro atoms.